The molecule has 1 aliphatic rings. The Morgan fingerprint density at radius 3 is 2.33 bits per heavy atom. The molecule has 264 valence electrons. The molecule has 3 atom stereocenters. The number of aliphatic hydroxyl groups excluding tert-OH is 1. The number of nitrogens with two attached hydrogens (primary N) is 1. The van der Waals surface area contributed by atoms with E-state index in [2.05, 4.69) is 10.6 Å². The number of ether oxygens (including phenoxy) is 1. The van der Waals surface area contributed by atoms with Crippen LogP contribution >= 0.6 is 0 Å². The van der Waals surface area contributed by atoms with Crippen molar-refractivity contribution in [3.05, 3.63) is 77.9 Å². The Balaban J connectivity index is 1.40. The van der Waals surface area contributed by atoms with E-state index in [9.17, 15) is 27.9 Å². The van der Waals surface area contributed by atoms with Gasteiger partial charge in [-0.3, -0.25) is 14.4 Å². The van der Waals surface area contributed by atoms with Crippen LogP contribution in [0.3, 0.4) is 0 Å². The van der Waals surface area contributed by atoms with Gasteiger partial charge in [0.05, 0.1) is 41.0 Å². The topological polar surface area (TPSA) is 171 Å². The molecule has 0 radical (unpaired) electrons. The van der Waals surface area contributed by atoms with Gasteiger partial charge in [-0.05, 0) is 69.2 Å². The Morgan fingerprint density at radius 2 is 1.67 bits per heavy atom. The molecular formula is C36H47N5O7S. The van der Waals surface area contributed by atoms with Crippen molar-refractivity contribution >= 4 is 44.8 Å². The average Bonchev–Trinajstić information content (AvgIpc) is 3.07. The summed E-state index contributed by atoms with van der Waals surface area (Å²) in [6.45, 7) is 5.48. The van der Waals surface area contributed by atoms with Crippen LogP contribution in [0.25, 0.3) is 0 Å². The highest BCUT2D eigenvalue weighted by atomic mass is 32.2. The zero-order valence-electron chi connectivity index (χ0n) is 28.5. The van der Waals surface area contributed by atoms with Crippen LogP contribution in [0.2, 0.25) is 0 Å². The number of anilines is 3. The van der Waals surface area contributed by atoms with Crippen LogP contribution in [-0.4, -0.2) is 79.3 Å². The Labute approximate surface area is 288 Å². The molecular weight excluding hydrogens is 646 g/mol. The number of para-hydroxylation sites is 2. The van der Waals surface area contributed by atoms with Gasteiger partial charge in [-0.15, -0.1) is 0 Å². The molecule has 13 heteroatoms. The van der Waals surface area contributed by atoms with E-state index in [1.54, 1.807) is 78.6 Å². The zero-order chi connectivity index (χ0) is 35.7. The fraction of sp³-hybridized carbons (Fsp3) is 0.417. The number of carbonyl (C=O) groups excluding carboxylic acids is 3. The number of carbonyl (C=O) groups is 3. The minimum atomic E-state index is -3.81. The molecule has 0 unspecified atom stereocenters. The lowest BCUT2D eigenvalue weighted by atomic mass is 9.99. The highest BCUT2D eigenvalue weighted by Crippen LogP contribution is 2.31. The number of hydrogen-bond donors (Lipinski definition) is 4. The van der Waals surface area contributed by atoms with Gasteiger partial charge in [-0.25, -0.2) is 8.42 Å². The SMILES string of the molecule is Cc1ccc(S(=O)(=O)N(C)C[C@@H]2Oc3ccc(NC(=O)CCCCCC(=O)Nc4ccccc4N)cc3C(=O)N([C@H](C)CO)C[C@H]2C)cc1. The van der Waals surface area contributed by atoms with E-state index in [0.29, 0.717) is 42.7 Å². The highest BCUT2D eigenvalue weighted by Gasteiger charge is 2.35. The Bertz CT molecular complexity index is 1730. The van der Waals surface area contributed by atoms with E-state index < -0.39 is 22.2 Å². The third-order valence-electron chi connectivity index (χ3n) is 8.66. The Hall–Kier alpha value is -4.46. The van der Waals surface area contributed by atoms with Crippen molar-refractivity contribution in [3.63, 3.8) is 0 Å². The van der Waals surface area contributed by atoms with Crippen LogP contribution in [-0.2, 0) is 19.6 Å². The second-order valence-electron chi connectivity index (χ2n) is 12.7. The number of unbranched alkanes of at least 4 members (excludes halogenated alkanes) is 2. The molecule has 1 aliphatic heterocycles. The van der Waals surface area contributed by atoms with E-state index in [1.807, 2.05) is 13.8 Å². The Morgan fingerprint density at radius 1 is 1.02 bits per heavy atom. The summed E-state index contributed by atoms with van der Waals surface area (Å²) in [4.78, 5) is 40.6. The van der Waals surface area contributed by atoms with Crippen LogP contribution in [0.4, 0.5) is 17.1 Å². The lowest BCUT2D eigenvalue weighted by molar-refractivity contribution is -0.116. The number of amides is 3. The number of aliphatic hydroxyl groups is 1. The fourth-order valence-electron chi connectivity index (χ4n) is 5.55. The summed E-state index contributed by atoms with van der Waals surface area (Å²) >= 11 is 0. The van der Waals surface area contributed by atoms with Crippen molar-refractivity contribution in [1.29, 1.82) is 0 Å². The predicted molar refractivity (Wildman–Crippen MR) is 190 cm³/mol. The third kappa shape index (κ3) is 9.80. The molecule has 3 aromatic rings. The quantitative estimate of drug-likeness (QED) is 0.140. The molecule has 0 aliphatic carbocycles. The summed E-state index contributed by atoms with van der Waals surface area (Å²) in [5, 5.41) is 15.6. The van der Waals surface area contributed by atoms with E-state index >= 15 is 0 Å². The first-order valence-corrected chi connectivity index (χ1v) is 17.9. The minimum absolute atomic E-state index is 0.0206. The Kier molecular flexibility index (Phi) is 12.8. The molecule has 0 saturated heterocycles. The summed E-state index contributed by atoms with van der Waals surface area (Å²) in [6, 6.07) is 17.9. The van der Waals surface area contributed by atoms with Crippen LogP contribution in [0.5, 0.6) is 5.75 Å². The van der Waals surface area contributed by atoms with Crippen molar-refractivity contribution in [3.8, 4) is 5.75 Å². The third-order valence-corrected chi connectivity index (χ3v) is 10.5. The van der Waals surface area contributed by atoms with E-state index in [0.717, 1.165) is 5.56 Å². The van der Waals surface area contributed by atoms with Gasteiger partial charge in [-0.1, -0.05) is 43.2 Å². The predicted octanol–water partition coefficient (Wildman–Crippen LogP) is 4.65. The standard InChI is InChI=1S/C36H47N5O7S/c1-24-14-17-28(18-15-24)49(46,47)40(4)22-33-25(2)21-41(26(3)23-42)36(45)29-20-27(16-19-32(29)48-33)38-34(43)12-6-5-7-13-35(44)39-31-11-9-8-10-30(31)37/h8-11,14-20,25-26,33,42H,5-7,12-13,21-23,37H2,1-4H3,(H,38,43)(H,39,44)/t25-,26-,33+/m1/s1. The number of fused-ring (bicyclic) bond motifs is 1. The number of hydrogen-bond acceptors (Lipinski definition) is 8. The number of rotatable bonds is 14. The molecule has 0 spiro atoms. The number of nitrogens with one attached hydrogen (secondary N) is 2. The van der Waals surface area contributed by atoms with Crippen LogP contribution < -0.4 is 21.1 Å². The molecule has 4 rings (SSSR count). The number of nitrogens with zero attached hydrogens (tertiary/aromatic N) is 2. The molecule has 0 aromatic heterocycles. The van der Waals surface area contributed by atoms with Crippen molar-refractivity contribution in [2.24, 2.45) is 5.92 Å². The van der Waals surface area contributed by atoms with Gasteiger partial charge in [0, 0.05) is 38.0 Å². The summed E-state index contributed by atoms with van der Waals surface area (Å²) in [7, 11) is -2.31. The molecule has 3 amide bonds. The lowest BCUT2D eigenvalue weighted by Gasteiger charge is -2.38. The zero-order valence-corrected chi connectivity index (χ0v) is 29.3. The number of benzene rings is 3. The summed E-state index contributed by atoms with van der Waals surface area (Å²) in [6.07, 6.45) is 1.75. The summed E-state index contributed by atoms with van der Waals surface area (Å²) in [5.41, 5.74) is 8.49. The fourth-order valence-corrected chi connectivity index (χ4v) is 6.74. The summed E-state index contributed by atoms with van der Waals surface area (Å²) in [5.74, 6) is -0.782. The molecule has 0 fully saturated rings. The molecule has 49 heavy (non-hydrogen) atoms. The smallest absolute Gasteiger partial charge is 0.258 e. The van der Waals surface area contributed by atoms with Crippen molar-refractivity contribution in [2.75, 3.05) is 43.1 Å². The van der Waals surface area contributed by atoms with Crippen molar-refractivity contribution < 1.29 is 32.6 Å². The van der Waals surface area contributed by atoms with E-state index in [-0.39, 0.29) is 66.0 Å². The van der Waals surface area contributed by atoms with E-state index in [4.69, 9.17) is 10.5 Å². The van der Waals surface area contributed by atoms with Gasteiger partial charge in [0.2, 0.25) is 21.8 Å². The van der Waals surface area contributed by atoms with Crippen molar-refractivity contribution in [1.82, 2.24) is 9.21 Å². The molecule has 1 heterocycles. The maximum atomic E-state index is 13.8. The van der Waals surface area contributed by atoms with Gasteiger partial charge < -0.3 is 31.1 Å². The second kappa shape index (κ2) is 16.8. The van der Waals surface area contributed by atoms with Gasteiger partial charge in [0.25, 0.3) is 5.91 Å². The minimum Gasteiger partial charge on any atom is -0.488 e. The number of aryl methyl sites for hydroxylation is 1. The van der Waals surface area contributed by atoms with E-state index in [1.165, 1.54) is 11.4 Å². The van der Waals surface area contributed by atoms with Crippen LogP contribution in [0.15, 0.2) is 71.6 Å². The first-order chi connectivity index (χ1) is 23.3. The number of likely N-dealkylation sites (N-methyl/N-ethyl adjacent to an activating group) is 1. The monoisotopic (exact) mass is 693 g/mol. The van der Waals surface area contributed by atoms with Crippen LogP contribution in [0, 0.1) is 12.8 Å². The largest absolute Gasteiger partial charge is 0.488 e. The van der Waals surface area contributed by atoms with Crippen molar-refractivity contribution in [2.45, 2.75) is 69.9 Å². The second-order valence-corrected chi connectivity index (χ2v) is 14.7. The maximum absolute atomic E-state index is 13.8. The molecule has 0 saturated carbocycles. The number of sulfonamides is 1. The molecule has 5 N–H and O–H groups in total. The average molecular weight is 694 g/mol. The van der Waals surface area contributed by atoms with Crippen LogP contribution in [0.1, 0.15) is 61.9 Å². The molecule has 12 nitrogen and oxygen atoms in total. The molecule has 3 aromatic carbocycles. The molecule has 0 bridgehead atoms. The highest BCUT2D eigenvalue weighted by molar-refractivity contribution is 7.89. The first-order valence-electron chi connectivity index (χ1n) is 16.5. The normalized spacial score (nSPS) is 17.0. The van der Waals surface area contributed by atoms with Gasteiger partial charge in [0.15, 0.2) is 0 Å². The summed E-state index contributed by atoms with van der Waals surface area (Å²) < 4.78 is 34.3. The number of nitrogen functional groups attached to an aromatic ring is 1. The van der Waals surface area contributed by atoms with Gasteiger partial charge in [0.1, 0.15) is 11.9 Å². The lowest BCUT2D eigenvalue weighted by Crippen LogP contribution is -2.50. The maximum Gasteiger partial charge on any atom is 0.258 e. The van der Waals surface area contributed by atoms with Gasteiger partial charge >= 0.3 is 0 Å². The van der Waals surface area contributed by atoms with Gasteiger partial charge in [-0.2, -0.15) is 4.31 Å². The first kappa shape index (κ1) is 37.4.